The van der Waals surface area contributed by atoms with E-state index in [4.69, 9.17) is 9.72 Å². The van der Waals surface area contributed by atoms with Gasteiger partial charge >= 0.3 is 0 Å². The lowest BCUT2D eigenvalue weighted by Crippen LogP contribution is -2.29. The first-order valence-corrected chi connectivity index (χ1v) is 12.0. The first kappa shape index (κ1) is 22.5. The Morgan fingerprint density at radius 1 is 1.03 bits per heavy atom. The third-order valence-electron chi connectivity index (χ3n) is 5.58. The summed E-state index contributed by atoms with van der Waals surface area (Å²) in [7, 11) is 0. The molecule has 0 radical (unpaired) electrons. The normalized spacial score (nSPS) is 16.1. The predicted octanol–water partition coefficient (Wildman–Crippen LogP) is 6.88. The lowest BCUT2D eigenvalue weighted by atomic mass is 9.89. The van der Waals surface area contributed by atoms with Crippen LogP contribution in [0.15, 0.2) is 53.4 Å². The maximum Gasteiger partial charge on any atom is 0.237 e. The summed E-state index contributed by atoms with van der Waals surface area (Å²) < 4.78 is 9.55. The van der Waals surface area contributed by atoms with E-state index in [2.05, 4.69) is 92.1 Å². The van der Waals surface area contributed by atoms with Crippen molar-refractivity contribution in [1.29, 1.82) is 0 Å². The summed E-state index contributed by atoms with van der Waals surface area (Å²) >= 11 is 1.51. The van der Waals surface area contributed by atoms with Gasteiger partial charge in [-0.2, -0.15) is 4.98 Å². The number of aryl methyl sites for hydroxylation is 2. The minimum atomic E-state index is 0.184. The molecule has 1 aliphatic rings. The SMILES string of the molecule is Cc1cccc(C)c1-c1cc2nc(n1)NSc1cccc(c1)NC(CCC(C)(C)C)CO2. The lowest BCUT2D eigenvalue weighted by molar-refractivity contribution is 0.262. The summed E-state index contributed by atoms with van der Waals surface area (Å²) in [6.45, 7) is 11.6. The Kier molecular flexibility index (Phi) is 6.60. The zero-order valence-corrected chi connectivity index (χ0v) is 20.3. The monoisotopic (exact) mass is 448 g/mol. The third kappa shape index (κ3) is 5.74. The lowest BCUT2D eigenvalue weighted by Gasteiger charge is -2.25. The molecule has 32 heavy (non-hydrogen) atoms. The van der Waals surface area contributed by atoms with Gasteiger partial charge in [0, 0.05) is 22.2 Å². The molecule has 168 valence electrons. The van der Waals surface area contributed by atoms with Gasteiger partial charge in [-0.1, -0.05) is 45.0 Å². The van der Waals surface area contributed by atoms with E-state index in [0.29, 0.717) is 18.4 Å². The van der Waals surface area contributed by atoms with Crippen molar-refractivity contribution in [2.45, 2.75) is 58.4 Å². The van der Waals surface area contributed by atoms with Crippen LogP contribution in [-0.2, 0) is 0 Å². The van der Waals surface area contributed by atoms with Crippen LogP contribution in [-0.4, -0.2) is 22.6 Å². The molecule has 4 rings (SSSR count). The number of hydrogen-bond acceptors (Lipinski definition) is 6. The molecular formula is C26H32N4OS. The molecule has 6 heteroatoms. The summed E-state index contributed by atoms with van der Waals surface area (Å²) in [5.74, 6) is 1.14. The third-order valence-corrected chi connectivity index (χ3v) is 6.35. The fourth-order valence-electron chi connectivity index (χ4n) is 3.87. The molecule has 1 aromatic heterocycles. The smallest absolute Gasteiger partial charge is 0.237 e. The average Bonchev–Trinajstić information content (AvgIpc) is 2.73. The topological polar surface area (TPSA) is 59.1 Å². The van der Waals surface area contributed by atoms with E-state index in [9.17, 15) is 0 Å². The first-order chi connectivity index (χ1) is 15.3. The van der Waals surface area contributed by atoms with E-state index < -0.39 is 0 Å². The molecule has 0 spiro atoms. The molecule has 1 unspecified atom stereocenters. The van der Waals surface area contributed by atoms with Gasteiger partial charge in [-0.15, -0.1) is 0 Å². The van der Waals surface area contributed by atoms with Gasteiger partial charge in [-0.25, -0.2) is 4.98 Å². The van der Waals surface area contributed by atoms with Crippen molar-refractivity contribution in [3.8, 4) is 17.1 Å². The Labute approximate surface area is 195 Å². The second-order valence-electron chi connectivity index (χ2n) is 9.67. The van der Waals surface area contributed by atoms with E-state index in [1.165, 1.54) is 23.1 Å². The fourth-order valence-corrected chi connectivity index (χ4v) is 4.50. The van der Waals surface area contributed by atoms with Crippen LogP contribution in [0.3, 0.4) is 0 Å². The number of nitrogens with zero attached hydrogens (tertiary/aromatic N) is 2. The maximum absolute atomic E-state index is 6.25. The van der Waals surface area contributed by atoms with E-state index in [1.54, 1.807) is 0 Å². The van der Waals surface area contributed by atoms with Gasteiger partial charge in [0.1, 0.15) is 6.61 Å². The van der Waals surface area contributed by atoms with Crippen molar-refractivity contribution in [3.05, 3.63) is 59.7 Å². The van der Waals surface area contributed by atoms with Crippen LogP contribution >= 0.6 is 11.9 Å². The van der Waals surface area contributed by atoms with Crippen molar-refractivity contribution in [2.24, 2.45) is 5.41 Å². The minimum Gasteiger partial charge on any atom is -0.475 e. The Morgan fingerprint density at radius 3 is 2.53 bits per heavy atom. The van der Waals surface area contributed by atoms with Crippen LogP contribution in [0, 0.1) is 19.3 Å². The van der Waals surface area contributed by atoms with Gasteiger partial charge < -0.3 is 10.1 Å². The molecule has 2 heterocycles. The fraction of sp³-hybridized carbons (Fsp3) is 0.385. The number of ether oxygens (including phenoxy) is 1. The van der Waals surface area contributed by atoms with E-state index in [0.717, 1.165) is 34.7 Å². The highest BCUT2D eigenvalue weighted by Gasteiger charge is 2.19. The van der Waals surface area contributed by atoms with E-state index in [1.807, 2.05) is 6.07 Å². The standard InChI is InChI=1S/C26H32N4OS/c1-17-8-6-9-18(2)24(17)22-15-23-29-25(28-22)30-32-21-11-7-10-19(14-21)27-20(16-31-23)12-13-26(3,4)5/h6-11,14-15,20,27H,12-13,16H2,1-5H3,(H,28,29,30). The van der Waals surface area contributed by atoms with Crippen molar-refractivity contribution in [2.75, 3.05) is 16.6 Å². The van der Waals surface area contributed by atoms with Crippen molar-refractivity contribution >= 4 is 23.6 Å². The Morgan fingerprint density at radius 2 is 1.78 bits per heavy atom. The first-order valence-electron chi connectivity index (χ1n) is 11.1. The number of anilines is 2. The number of rotatable bonds is 3. The molecule has 2 aromatic carbocycles. The minimum absolute atomic E-state index is 0.184. The highest BCUT2D eigenvalue weighted by molar-refractivity contribution is 8.00. The maximum atomic E-state index is 6.25. The van der Waals surface area contributed by atoms with Crippen LogP contribution in [0.4, 0.5) is 11.6 Å². The average molecular weight is 449 g/mol. The molecule has 4 bridgehead atoms. The zero-order chi connectivity index (χ0) is 22.7. The summed E-state index contributed by atoms with van der Waals surface area (Å²) in [5, 5.41) is 3.67. The second-order valence-corrected chi connectivity index (χ2v) is 10.5. The number of aromatic nitrogens is 2. The van der Waals surface area contributed by atoms with Crippen LogP contribution < -0.4 is 14.8 Å². The van der Waals surface area contributed by atoms with Gasteiger partial charge in [0.25, 0.3) is 0 Å². The molecule has 0 fully saturated rings. The van der Waals surface area contributed by atoms with Crippen molar-refractivity contribution < 1.29 is 4.74 Å². The van der Waals surface area contributed by atoms with Gasteiger partial charge in [0.15, 0.2) is 0 Å². The van der Waals surface area contributed by atoms with E-state index >= 15 is 0 Å². The van der Waals surface area contributed by atoms with Crippen molar-refractivity contribution in [1.82, 2.24) is 9.97 Å². The second kappa shape index (κ2) is 9.41. The summed E-state index contributed by atoms with van der Waals surface area (Å²) in [6.07, 6.45) is 2.12. The number of nitrogens with one attached hydrogen (secondary N) is 2. The highest BCUT2D eigenvalue weighted by atomic mass is 32.2. The van der Waals surface area contributed by atoms with E-state index in [-0.39, 0.29) is 11.5 Å². The molecule has 0 saturated heterocycles. The highest BCUT2D eigenvalue weighted by Crippen LogP contribution is 2.31. The van der Waals surface area contributed by atoms with Gasteiger partial charge in [-0.05, 0) is 73.4 Å². The summed E-state index contributed by atoms with van der Waals surface area (Å²) in [4.78, 5) is 10.6. The largest absolute Gasteiger partial charge is 0.475 e. The van der Waals surface area contributed by atoms with Gasteiger partial charge in [0.2, 0.25) is 11.8 Å². The Balaban J connectivity index is 1.70. The molecule has 3 aromatic rings. The van der Waals surface area contributed by atoms with Crippen molar-refractivity contribution in [3.63, 3.8) is 0 Å². The molecule has 0 aliphatic carbocycles. The quantitative estimate of drug-likeness (QED) is 0.426. The molecule has 0 amide bonds. The summed E-state index contributed by atoms with van der Waals surface area (Å²) in [6, 6.07) is 16.9. The van der Waals surface area contributed by atoms with Crippen LogP contribution in [0.2, 0.25) is 0 Å². The molecular weight excluding hydrogens is 416 g/mol. The van der Waals surface area contributed by atoms with Crippen LogP contribution in [0.25, 0.3) is 11.3 Å². The molecule has 1 aliphatic heterocycles. The molecule has 1 atom stereocenters. The molecule has 5 nitrogen and oxygen atoms in total. The molecule has 0 saturated carbocycles. The zero-order valence-electron chi connectivity index (χ0n) is 19.5. The van der Waals surface area contributed by atoms with Crippen LogP contribution in [0.5, 0.6) is 5.88 Å². The van der Waals surface area contributed by atoms with Gasteiger partial charge in [0.05, 0.1) is 11.7 Å². The predicted molar refractivity (Wildman–Crippen MR) is 134 cm³/mol. The van der Waals surface area contributed by atoms with Crippen LogP contribution in [0.1, 0.15) is 44.7 Å². The Bertz CT molecular complexity index is 1070. The molecule has 2 N–H and O–H groups in total. The number of fused-ring (bicyclic) bond motifs is 4. The number of benzene rings is 2. The summed E-state index contributed by atoms with van der Waals surface area (Å²) in [5.41, 5.74) is 5.74. The Hall–Kier alpha value is -2.73. The van der Waals surface area contributed by atoms with Gasteiger partial charge in [-0.3, -0.25) is 4.72 Å². The number of hydrogen-bond donors (Lipinski definition) is 2.